The van der Waals surface area contributed by atoms with Crippen molar-refractivity contribution in [1.29, 1.82) is 0 Å². The van der Waals surface area contributed by atoms with Crippen LogP contribution < -0.4 is 5.32 Å². The molecule has 1 aliphatic rings. The minimum atomic E-state index is -2.29. The zero-order valence-electron chi connectivity index (χ0n) is 10.9. The summed E-state index contributed by atoms with van der Waals surface area (Å²) < 4.78 is 30.1. The summed E-state index contributed by atoms with van der Waals surface area (Å²) in [5.74, 6) is 1.71. The summed E-state index contributed by atoms with van der Waals surface area (Å²) in [6, 6.07) is 2.60. The predicted molar refractivity (Wildman–Crippen MR) is 65.6 cm³/mol. The lowest BCUT2D eigenvalue weighted by Crippen LogP contribution is -2.24. The molecule has 0 atom stereocenters. The summed E-state index contributed by atoms with van der Waals surface area (Å²) >= 11 is 0. The Balaban J connectivity index is 1.86. The average molecular weight is 258 g/mol. The molecular weight excluding hydrogens is 238 g/mol. The van der Waals surface area contributed by atoms with Gasteiger partial charge in [0, 0.05) is 18.2 Å². The lowest BCUT2D eigenvalue weighted by molar-refractivity contribution is 0.0973. The molecule has 3 nitrogen and oxygen atoms in total. The summed E-state index contributed by atoms with van der Waals surface area (Å²) in [6.07, 6.45) is 0.186. The van der Waals surface area contributed by atoms with Gasteiger partial charge in [-0.15, -0.1) is 0 Å². The fourth-order valence-electron chi connectivity index (χ4n) is 1.96. The Bertz CT molecular complexity index is 388. The van der Waals surface area contributed by atoms with Gasteiger partial charge >= 0.3 is 0 Å². The van der Waals surface area contributed by atoms with Crippen LogP contribution in [0.3, 0.4) is 0 Å². The molecule has 1 heterocycles. The topological polar surface area (TPSA) is 28.4 Å². The van der Waals surface area contributed by atoms with E-state index in [-0.39, 0.29) is 6.54 Å². The van der Waals surface area contributed by atoms with E-state index in [2.05, 4.69) is 5.32 Å². The highest BCUT2D eigenvalue weighted by molar-refractivity contribution is 5.20. The van der Waals surface area contributed by atoms with Crippen LogP contribution in [0.25, 0.3) is 0 Å². The molecule has 5 heteroatoms. The Morgan fingerprint density at radius 2 is 2.22 bits per heavy atom. The second kappa shape index (κ2) is 5.80. The zero-order valence-corrected chi connectivity index (χ0v) is 10.9. The third-order valence-electron chi connectivity index (χ3n) is 3.10. The van der Waals surface area contributed by atoms with Crippen LogP contribution in [0.15, 0.2) is 10.5 Å². The van der Waals surface area contributed by atoms with Crippen molar-refractivity contribution in [2.75, 3.05) is 13.6 Å². The zero-order chi connectivity index (χ0) is 13.1. The van der Waals surface area contributed by atoms with Crippen LogP contribution in [0.1, 0.15) is 29.9 Å². The lowest BCUT2D eigenvalue weighted by atomic mass is 10.2. The Labute approximate surface area is 106 Å². The first-order valence-electron chi connectivity index (χ1n) is 6.33. The molecule has 1 aromatic rings. The first kappa shape index (κ1) is 13.5. The molecule has 0 aliphatic heterocycles. The van der Waals surface area contributed by atoms with Gasteiger partial charge in [0.15, 0.2) is 0 Å². The number of furan rings is 1. The number of nitrogens with one attached hydrogen (secondary N) is 1. The summed E-state index contributed by atoms with van der Waals surface area (Å²) in [6.45, 7) is 2.90. The fraction of sp³-hybridized carbons (Fsp3) is 0.692. The normalized spacial score (nSPS) is 15.9. The summed E-state index contributed by atoms with van der Waals surface area (Å²) in [4.78, 5) is 1.61. The van der Waals surface area contributed by atoms with E-state index < -0.39 is 6.43 Å². The van der Waals surface area contributed by atoms with E-state index in [1.807, 2.05) is 13.0 Å². The van der Waals surface area contributed by atoms with Crippen molar-refractivity contribution in [2.24, 2.45) is 0 Å². The molecule has 0 spiro atoms. The molecule has 1 aliphatic carbocycles. The average Bonchev–Trinajstić information content (AvgIpc) is 3.02. The molecule has 1 saturated carbocycles. The molecule has 0 aromatic carbocycles. The van der Waals surface area contributed by atoms with Gasteiger partial charge in [-0.25, -0.2) is 8.78 Å². The molecule has 1 fully saturated rings. The number of rotatable bonds is 7. The Morgan fingerprint density at radius 1 is 1.50 bits per heavy atom. The number of hydrogen-bond donors (Lipinski definition) is 1. The van der Waals surface area contributed by atoms with Crippen molar-refractivity contribution in [3.8, 4) is 0 Å². The van der Waals surface area contributed by atoms with Crippen molar-refractivity contribution in [3.63, 3.8) is 0 Å². The molecule has 2 rings (SSSR count). The van der Waals surface area contributed by atoms with Gasteiger partial charge < -0.3 is 9.73 Å². The quantitative estimate of drug-likeness (QED) is 0.814. The van der Waals surface area contributed by atoms with Crippen LogP contribution in [0.5, 0.6) is 0 Å². The molecule has 0 unspecified atom stereocenters. The predicted octanol–water partition coefficient (Wildman–Crippen LogP) is 2.54. The minimum absolute atomic E-state index is 0.208. The van der Waals surface area contributed by atoms with Gasteiger partial charge in [-0.1, -0.05) is 0 Å². The maximum atomic E-state index is 12.2. The molecule has 1 N–H and O–H groups in total. The van der Waals surface area contributed by atoms with Crippen molar-refractivity contribution in [2.45, 2.75) is 45.3 Å². The van der Waals surface area contributed by atoms with Crippen LogP contribution in [0.4, 0.5) is 8.78 Å². The van der Waals surface area contributed by atoms with Crippen molar-refractivity contribution < 1.29 is 13.2 Å². The maximum Gasteiger partial charge on any atom is 0.251 e. The number of halogens is 2. The smallest absolute Gasteiger partial charge is 0.251 e. The summed E-state index contributed by atoms with van der Waals surface area (Å²) in [7, 11) is 1.70. The standard InChI is InChI=1S/C13H20F2N2O/c1-9-10(7-17(2)8-13(14)15)5-12(18-9)6-16-11-3-4-11/h5,11,13,16H,3-4,6-8H2,1-2H3. The van der Waals surface area contributed by atoms with E-state index in [0.717, 1.165) is 23.6 Å². The van der Waals surface area contributed by atoms with Crippen molar-refractivity contribution in [1.82, 2.24) is 10.2 Å². The van der Waals surface area contributed by atoms with Crippen molar-refractivity contribution in [3.05, 3.63) is 23.2 Å². The third-order valence-corrected chi connectivity index (χ3v) is 3.10. The first-order valence-corrected chi connectivity index (χ1v) is 6.33. The van der Waals surface area contributed by atoms with Gasteiger partial charge in [0.05, 0.1) is 13.1 Å². The molecule has 0 amide bonds. The van der Waals surface area contributed by atoms with Gasteiger partial charge in [-0.3, -0.25) is 4.90 Å². The Morgan fingerprint density at radius 3 is 2.83 bits per heavy atom. The second-order valence-corrected chi connectivity index (χ2v) is 5.04. The monoisotopic (exact) mass is 258 g/mol. The highest BCUT2D eigenvalue weighted by atomic mass is 19.3. The highest BCUT2D eigenvalue weighted by Gasteiger charge is 2.21. The number of hydrogen-bond acceptors (Lipinski definition) is 3. The van der Waals surface area contributed by atoms with Gasteiger partial charge in [0.25, 0.3) is 6.43 Å². The molecule has 102 valence electrons. The summed E-state index contributed by atoms with van der Waals surface area (Å²) in [5.41, 5.74) is 0.991. The third kappa shape index (κ3) is 4.07. The van der Waals surface area contributed by atoms with Crippen LogP contribution in [0.2, 0.25) is 0 Å². The minimum Gasteiger partial charge on any atom is -0.465 e. The van der Waals surface area contributed by atoms with Gasteiger partial charge in [0.2, 0.25) is 0 Å². The fourth-order valence-corrected chi connectivity index (χ4v) is 1.96. The number of alkyl halides is 2. The molecule has 1 aromatic heterocycles. The number of nitrogens with zero attached hydrogens (tertiary/aromatic N) is 1. The van der Waals surface area contributed by atoms with E-state index >= 15 is 0 Å². The van der Waals surface area contributed by atoms with Crippen LogP contribution in [-0.4, -0.2) is 31.0 Å². The maximum absolute atomic E-state index is 12.2. The van der Waals surface area contributed by atoms with E-state index in [9.17, 15) is 8.78 Å². The number of aryl methyl sites for hydroxylation is 1. The van der Waals surface area contributed by atoms with E-state index in [1.165, 1.54) is 12.8 Å². The largest absolute Gasteiger partial charge is 0.465 e. The molecule has 0 bridgehead atoms. The van der Waals surface area contributed by atoms with Crippen molar-refractivity contribution >= 4 is 0 Å². The first-order chi connectivity index (χ1) is 8.54. The van der Waals surface area contributed by atoms with E-state index in [0.29, 0.717) is 12.6 Å². The molecular formula is C13H20F2N2O. The van der Waals surface area contributed by atoms with Crippen LogP contribution >= 0.6 is 0 Å². The SMILES string of the molecule is Cc1oc(CNC2CC2)cc1CN(C)CC(F)F. The van der Waals surface area contributed by atoms with E-state index in [4.69, 9.17) is 4.42 Å². The lowest BCUT2D eigenvalue weighted by Gasteiger charge is -2.14. The van der Waals surface area contributed by atoms with Gasteiger partial charge in [0.1, 0.15) is 11.5 Å². The highest BCUT2D eigenvalue weighted by Crippen LogP contribution is 2.21. The van der Waals surface area contributed by atoms with E-state index in [1.54, 1.807) is 11.9 Å². The second-order valence-electron chi connectivity index (χ2n) is 5.04. The Kier molecular flexibility index (Phi) is 4.35. The van der Waals surface area contributed by atoms with Crippen LogP contribution in [0, 0.1) is 6.92 Å². The molecule has 0 radical (unpaired) electrons. The Hall–Kier alpha value is -0.940. The van der Waals surface area contributed by atoms with Crippen LogP contribution in [-0.2, 0) is 13.1 Å². The molecule has 18 heavy (non-hydrogen) atoms. The van der Waals surface area contributed by atoms with Gasteiger partial charge in [-0.2, -0.15) is 0 Å². The summed E-state index contributed by atoms with van der Waals surface area (Å²) in [5, 5.41) is 3.37. The molecule has 0 saturated heterocycles. The van der Waals surface area contributed by atoms with Gasteiger partial charge in [-0.05, 0) is 32.9 Å².